The molecule has 0 unspecified atom stereocenters. The fraction of sp³-hybridized carbons (Fsp3) is 0.333. The van der Waals surface area contributed by atoms with Gasteiger partial charge in [-0.1, -0.05) is 42.5 Å². The van der Waals surface area contributed by atoms with E-state index in [-0.39, 0.29) is 5.91 Å². The molecule has 5 nitrogen and oxygen atoms in total. The van der Waals surface area contributed by atoms with Crippen molar-refractivity contribution in [1.82, 2.24) is 4.90 Å². The van der Waals surface area contributed by atoms with Gasteiger partial charge in [-0.2, -0.15) is 0 Å². The van der Waals surface area contributed by atoms with Crippen LogP contribution in [0.2, 0.25) is 0 Å². The molecule has 5 heteroatoms. The molecule has 2 aromatic rings. The van der Waals surface area contributed by atoms with Gasteiger partial charge in [-0.05, 0) is 49.1 Å². The minimum atomic E-state index is -0.927. The van der Waals surface area contributed by atoms with E-state index < -0.39 is 11.4 Å². The average molecular weight is 352 g/mol. The van der Waals surface area contributed by atoms with E-state index in [1.807, 2.05) is 43.3 Å². The minimum absolute atomic E-state index is 0.233. The second-order valence-corrected chi connectivity index (χ2v) is 7.29. The number of primary amides is 1. The topological polar surface area (TPSA) is 83.6 Å². The second kappa shape index (κ2) is 7.30. The lowest BCUT2D eigenvalue weighted by molar-refractivity contribution is -0.129. The molecule has 2 aromatic carbocycles. The molecule has 1 fully saturated rings. The van der Waals surface area contributed by atoms with Gasteiger partial charge in [0.05, 0.1) is 11.0 Å². The zero-order valence-electron chi connectivity index (χ0n) is 14.9. The minimum Gasteiger partial charge on any atom is -0.478 e. The zero-order valence-corrected chi connectivity index (χ0v) is 14.9. The molecule has 3 rings (SSSR count). The molecule has 26 heavy (non-hydrogen) atoms. The normalized spacial score (nSPS) is 20.7. The number of hydrogen-bond donors (Lipinski definition) is 2. The van der Waals surface area contributed by atoms with Crippen LogP contribution < -0.4 is 5.73 Å². The van der Waals surface area contributed by atoms with Crippen molar-refractivity contribution in [1.29, 1.82) is 0 Å². The van der Waals surface area contributed by atoms with Crippen molar-refractivity contribution in [2.24, 2.45) is 11.1 Å². The highest BCUT2D eigenvalue weighted by molar-refractivity contribution is 5.96. The molecule has 3 N–H and O–H groups in total. The third kappa shape index (κ3) is 3.78. The quantitative estimate of drug-likeness (QED) is 0.866. The molecular weight excluding hydrogens is 328 g/mol. The SMILES string of the molecule is C[C@]1(C(N)=O)CCCN(Cc2ccc(-c3ccccc3C(=O)O)cc2)C1. The third-order valence-corrected chi connectivity index (χ3v) is 5.20. The Kier molecular flexibility index (Phi) is 5.09. The van der Waals surface area contributed by atoms with Crippen molar-refractivity contribution in [3.05, 3.63) is 59.7 Å². The first kappa shape index (κ1) is 18.1. The number of piperidine rings is 1. The van der Waals surface area contributed by atoms with Crippen LogP contribution in [0.1, 0.15) is 35.7 Å². The molecule has 0 bridgehead atoms. The van der Waals surface area contributed by atoms with Crippen molar-refractivity contribution in [3.8, 4) is 11.1 Å². The van der Waals surface area contributed by atoms with Crippen LogP contribution in [0.25, 0.3) is 11.1 Å². The Bertz CT molecular complexity index is 816. The Balaban J connectivity index is 1.75. The number of nitrogens with zero attached hydrogens (tertiary/aromatic N) is 1. The van der Waals surface area contributed by atoms with Gasteiger partial charge >= 0.3 is 5.97 Å². The maximum absolute atomic E-state index is 11.7. The summed E-state index contributed by atoms with van der Waals surface area (Å²) in [7, 11) is 0. The maximum Gasteiger partial charge on any atom is 0.336 e. The van der Waals surface area contributed by atoms with E-state index >= 15 is 0 Å². The third-order valence-electron chi connectivity index (χ3n) is 5.20. The van der Waals surface area contributed by atoms with Crippen molar-refractivity contribution in [2.75, 3.05) is 13.1 Å². The number of carbonyl (C=O) groups is 2. The van der Waals surface area contributed by atoms with E-state index in [9.17, 15) is 14.7 Å². The maximum atomic E-state index is 11.7. The van der Waals surface area contributed by atoms with Gasteiger partial charge in [-0.25, -0.2) is 4.79 Å². The van der Waals surface area contributed by atoms with E-state index in [0.717, 1.165) is 37.1 Å². The van der Waals surface area contributed by atoms with Crippen LogP contribution in [-0.4, -0.2) is 35.0 Å². The highest BCUT2D eigenvalue weighted by Crippen LogP contribution is 2.30. The first-order chi connectivity index (χ1) is 12.4. The van der Waals surface area contributed by atoms with E-state index in [4.69, 9.17) is 5.73 Å². The van der Waals surface area contributed by atoms with Gasteiger partial charge in [0.1, 0.15) is 0 Å². The molecule has 0 aromatic heterocycles. The lowest BCUT2D eigenvalue weighted by Gasteiger charge is -2.38. The molecule has 136 valence electrons. The summed E-state index contributed by atoms with van der Waals surface area (Å²) in [4.78, 5) is 25.4. The molecular formula is C21H24N2O3. The molecule has 1 aliphatic heterocycles. The number of aromatic carboxylic acids is 1. The van der Waals surface area contributed by atoms with Gasteiger partial charge in [0.15, 0.2) is 0 Å². The Morgan fingerprint density at radius 2 is 1.85 bits per heavy atom. The summed E-state index contributed by atoms with van der Waals surface area (Å²) in [5.74, 6) is -1.16. The highest BCUT2D eigenvalue weighted by Gasteiger charge is 2.35. The predicted octanol–water partition coefficient (Wildman–Crippen LogP) is 3.14. The number of carboxylic acid groups (broad SMARTS) is 1. The number of nitrogens with two attached hydrogens (primary N) is 1. The molecule has 0 saturated carbocycles. The van der Waals surface area contributed by atoms with E-state index in [1.54, 1.807) is 12.1 Å². The molecule has 1 amide bonds. The molecule has 0 aliphatic carbocycles. The van der Waals surface area contributed by atoms with Gasteiger partial charge in [-0.15, -0.1) is 0 Å². The van der Waals surface area contributed by atoms with Crippen molar-refractivity contribution >= 4 is 11.9 Å². The molecule has 0 radical (unpaired) electrons. The molecule has 1 heterocycles. The molecule has 1 atom stereocenters. The summed E-state index contributed by atoms with van der Waals surface area (Å²) in [5, 5.41) is 9.35. The fourth-order valence-corrected chi connectivity index (χ4v) is 3.65. The van der Waals surface area contributed by atoms with Crippen molar-refractivity contribution < 1.29 is 14.7 Å². The summed E-state index contributed by atoms with van der Waals surface area (Å²) >= 11 is 0. The fourth-order valence-electron chi connectivity index (χ4n) is 3.65. The van der Waals surface area contributed by atoms with E-state index in [1.165, 1.54) is 0 Å². The van der Waals surface area contributed by atoms with Crippen LogP contribution in [0, 0.1) is 5.41 Å². The Hall–Kier alpha value is -2.66. The van der Waals surface area contributed by atoms with Crippen LogP contribution in [-0.2, 0) is 11.3 Å². The van der Waals surface area contributed by atoms with E-state index in [0.29, 0.717) is 17.7 Å². The van der Waals surface area contributed by atoms with Crippen LogP contribution in [0.4, 0.5) is 0 Å². The number of amides is 1. The van der Waals surface area contributed by atoms with Gasteiger partial charge < -0.3 is 10.8 Å². The number of likely N-dealkylation sites (tertiary alicyclic amines) is 1. The monoisotopic (exact) mass is 352 g/mol. The summed E-state index contributed by atoms with van der Waals surface area (Å²) in [6.07, 6.45) is 1.80. The number of benzene rings is 2. The van der Waals surface area contributed by atoms with Gasteiger partial charge in [0.25, 0.3) is 0 Å². The second-order valence-electron chi connectivity index (χ2n) is 7.29. The van der Waals surface area contributed by atoms with Crippen LogP contribution in [0.15, 0.2) is 48.5 Å². The number of carboxylic acids is 1. The Morgan fingerprint density at radius 3 is 2.50 bits per heavy atom. The smallest absolute Gasteiger partial charge is 0.336 e. The first-order valence-corrected chi connectivity index (χ1v) is 8.83. The summed E-state index contributed by atoms with van der Waals surface area (Å²) in [5.41, 5.74) is 8.14. The lowest BCUT2D eigenvalue weighted by atomic mass is 9.81. The van der Waals surface area contributed by atoms with Crippen LogP contribution in [0.3, 0.4) is 0 Å². The summed E-state index contributed by atoms with van der Waals surface area (Å²) in [6.45, 7) is 4.32. The summed E-state index contributed by atoms with van der Waals surface area (Å²) in [6, 6.07) is 14.9. The number of hydrogen-bond acceptors (Lipinski definition) is 3. The van der Waals surface area contributed by atoms with Gasteiger partial charge in [0.2, 0.25) is 5.91 Å². The highest BCUT2D eigenvalue weighted by atomic mass is 16.4. The Labute approximate surface area is 153 Å². The largest absolute Gasteiger partial charge is 0.478 e. The first-order valence-electron chi connectivity index (χ1n) is 8.83. The average Bonchev–Trinajstić information content (AvgIpc) is 2.62. The zero-order chi connectivity index (χ0) is 18.7. The van der Waals surface area contributed by atoms with Gasteiger partial charge in [0, 0.05) is 13.1 Å². The number of rotatable bonds is 5. The standard InChI is InChI=1S/C21H24N2O3/c1-21(20(22)26)11-4-12-23(14-21)13-15-7-9-16(10-8-15)17-5-2-3-6-18(17)19(24)25/h2-3,5-10H,4,11-14H2,1H3,(H2,22,26)(H,24,25)/t21-/m0/s1. The van der Waals surface area contributed by atoms with Crippen LogP contribution in [0.5, 0.6) is 0 Å². The molecule has 1 saturated heterocycles. The van der Waals surface area contributed by atoms with Gasteiger partial charge in [-0.3, -0.25) is 9.69 Å². The van der Waals surface area contributed by atoms with Crippen molar-refractivity contribution in [2.45, 2.75) is 26.3 Å². The van der Waals surface area contributed by atoms with Crippen molar-refractivity contribution in [3.63, 3.8) is 0 Å². The molecule has 1 aliphatic rings. The summed E-state index contributed by atoms with van der Waals surface area (Å²) < 4.78 is 0. The lowest BCUT2D eigenvalue weighted by Crippen LogP contribution is -2.48. The Morgan fingerprint density at radius 1 is 1.15 bits per heavy atom. The van der Waals surface area contributed by atoms with E-state index in [2.05, 4.69) is 4.90 Å². The molecule has 0 spiro atoms. The number of carbonyl (C=O) groups excluding carboxylic acids is 1. The van der Waals surface area contributed by atoms with Crippen LogP contribution >= 0.6 is 0 Å². The predicted molar refractivity (Wildman–Crippen MR) is 101 cm³/mol.